The van der Waals surface area contributed by atoms with Crippen molar-refractivity contribution in [2.45, 2.75) is 23.7 Å². The Morgan fingerprint density at radius 1 is 1.11 bits per heavy atom. The summed E-state index contributed by atoms with van der Waals surface area (Å²) < 4.78 is 0. The van der Waals surface area contributed by atoms with Gasteiger partial charge in [-0.05, 0) is 11.4 Å². The summed E-state index contributed by atoms with van der Waals surface area (Å²) >= 11 is 0.713. The molecule has 0 fully saturated rings. The first-order valence-corrected chi connectivity index (χ1v) is 5.63. The second-order valence-electron chi connectivity index (χ2n) is 3.75. The van der Waals surface area contributed by atoms with Crippen molar-refractivity contribution in [2.75, 3.05) is 0 Å². The molecule has 0 bridgehead atoms. The van der Waals surface area contributed by atoms with Crippen molar-refractivity contribution in [1.82, 2.24) is 0 Å². The highest BCUT2D eigenvalue weighted by Gasteiger charge is 2.68. The summed E-state index contributed by atoms with van der Waals surface area (Å²) in [5.41, 5.74) is 0. The molecule has 0 unspecified atom stereocenters. The average molecular weight is 296 g/mol. The molecule has 0 atom stereocenters. The third kappa shape index (κ3) is 2.41. The summed E-state index contributed by atoms with van der Waals surface area (Å²) in [4.78, 5) is 11.3. The Hall–Kier alpha value is -0.950. The predicted molar refractivity (Wildman–Crippen MR) is 58.4 cm³/mol. The first kappa shape index (κ1) is 16.1. The third-order valence-electron chi connectivity index (χ3n) is 2.42. The Morgan fingerprint density at radius 2 is 1.63 bits per heavy atom. The summed E-state index contributed by atoms with van der Waals surface area (Å²) in [6.07, 6.45) is -3.18. The van der Waals surface area contributed by atoms with Gasteiger partial charge in [0, 0.05) is 0 Å². The van der Waals surface area contributed by atoms with E-state index in [0.717, 1.165) is 6.07 Å². The van der Waals surface area contributed by atoms with E-state index in [1.807, 2.05) is 0 Å². The fourth-order valence-corrected chi connectivity index (χ4v) is 1.88. The van der Waals surface area contributed by atoms with Crippen molar-refractivity contribution < 1.29 is 45.6 Å². The molecule has 0 amide bonds. The first-order chi connectivity index (χ1) is 8.46. The van der Waals surface area contributed by atoms with Gasteiger partial charge < -0.3 is 40.9 Å². The second kappa shape index (κ2) is 4.86. The lowest BCUT2D eigenvalue weighted by atomic mass is 9.91. The molecule has 19 heavy (non-hydrogen) atoms. The lowest BCUT2D eigenvalue weighted by Gasteiger charge is -2.41. The van der Waals surface area contributed by atoms with Crippen molar-refractivity contribution in [3.8, 4) is 0 Å². The Morgan fingerprint density at radius 3 is 2.00 bits per heavy atom. The van der Waals surface area contributed by atoms with Crippen LogP contribution >= 0.6 is 11.3 Å². The summed E-state index contributed by atoms with van der Waals surface area (Å²) in [5, 5.41) is 74.3. The Bertz CT molecular complexity index is 448. The maximum atomic E-state index is 11.6. The topological polar surface area (TPSA) is 179 Å². The minimum Gasteiger partial charge on any atom is -0.364 e. The van der Waals surface area contributed by atoms with E-state index >= 15 is 0 Å². The molecule has 0 aliphatic rings. The predicted octanol–water partition coefficient (Wildman–Crippen LogP) is -3.72. The van der Waals surface area contributed by atoms with E-state index in [0.29, 0.717) is 11.3 Å². The van der Waals surface area contributed by atoms with Gasteiger partial charge in [-0.1, -0.05) is 6.07 Å². The van der Waals surface area contributed by atoms with Crippen molar-refractivity contribution in [3.05, 3.63) is 22.4 Å². The lowest BCUT2D eigenvalue weighted by molar-refractivity contribution is -0.468. The highest BCUT2D eigenvalue weighted by molar-refractivity contribution is 7.12. The molecule has 1 rings (SSSR count). The lowest BCUT2D eigenvalue weighted by Crippen LogP contribution is -2.74. The van der Waals surface area contributed by atoms with Crippen molar-refractivity contribution in [2.24, 2.45) is 0 Å². The molecule has 10 heteroatoms. The van der Waals surface area contributed by atoms with Crippen molar-refractivity contribution in [3.63, 3.8) is 0 Å². The number of carbonyl (C=O) groups is 1. The van der Waals surface area contributed by atoms with Crippen LogP contribution in [0, 0.1) is 0 Å². The molecule has 0 aliphatic carbocycles. The number of hydrogen-bond acceptors (Lipinski definition) is 10. The van der Waals surface area contributed by atoms with Crippen molar-refractivity contribution >= 4 is 17.1 Å². The largest absolute Gasteiger partial charge is 0.364 e. The molecular formula is C9H12O9S. The standard InChI is InChI=1S/C9H12O9S/c10-5(4-2-1-3-19-4)7(13,14)9(17,18)8(15,16)6(11)12/h1-3,6,11-18H. The monoisotopic (exact) mass is 296 g/mol. The van der Waals surface area contributed by atoms with Gasteiger partial charge in [0.25, 0.3) is 17.4 Å². The molecule has 108 valence electrons. The summed E-state index contributed by atoms with van der Waals surface area (Å²) in [5.74, 6) is -14.3. The van der Waals surface area contributed by atoms with Crippen LogP contribution in [0.2, 0.25) is 0 Å². The maximum absolute atomic E-state index is 11.6. The molecule has 0 radical (unpaired) electrons. The van der Waals surface area contributed by atoms with E-state index in [4.69, 9.17) is 20.4 Å². The molecule has 0 aliphatic heterocycles. The van der Waals surface area contributed by atoms with Crippen molar-refractivity contribution in [1.29, 1.82) is 0 Å². The average Bonchev–Trinajstić information content (AvgIpc) is 2.80. The van der Waals surface area contributed by atoms with Gasteiger partial charge in [-0.2, -0.15) is 0 Å². The maximum Gasteiger partial charge on any atom is 0.291 e. The number of ketones is 1. The fraction of sp³-hybridized carbons (Fsp3) is 0.444. The summed E-state index contributed by atoms with van der Waals surface area (Å²) in [6.45, 7) is 0. The van der Waals surface area contributed by atoms with E-state index < -0.39 is 29.4 Å². The van der Waals surface area contributed by atoms with Gasteiger partial charge in [0.1, 0.15) is 0 Å². The second-order valence-corrected chi connectivity index (χ2v) is 4.70. The van der Waals surface area contributed by atoms with Crippen LogP contribution < -0.4 is 0 Å². The first-order valence-electron chi connectivity index (χ1n) is 4.75. The Balaban J connectivity index is 3.22. The molecule has 1 aromatic rings. The number of rotatable bonds is 5. The van der Waals surface area contributed by atoms with Crippen LogP contribution in [0.4, 0.5) is 0 Å². The van der Waals surface area contributed by atoms with Gasteiger partial charge in [0.15, 0.2) is 0 Å². The highest BCUT2D eigenvalue weighted by atomic mass is 32.1. The zero-order valence-electron chi connectivity index (χ0n) is 9.20. The van der Waals surface area contributed by atoms with Crippen LogP contribution in [-0.2, 0) is 0 Å². The van der Waals surface area contributed by atoms with Gasteiger partial charge in [-0.15, -0.1) is 11.3 Å². The van der Waals surface area contributed by atoms with Crippen LogP contribution in [-0.4, -0.2) is 70.3 Å². The van der Waals surface area contributed by atoms with Gasteiger partial charge in [0.05, 0.1) is 4.88 Å². The number of thiophene rings is 1. The minimum absolute atomic E-state index is 0.333. The molecule has 9 nitrogen and oxygen atoms in total. The number of carbonyl (C=O) groups excluding carboxylic acids is 1. The molecule has 0 spiro atoms. The highest BCUT2D eigenvalue weighted by Crippen LogP contribution is 2.33. The Kier molecular flexibility index (Phi) is 4.12. The molecule has 0 saturated heterocycles. The number of aliphatic hydroxyl groups excluding tert-OH is 1. The fourth-order valence-electron chi connectivity index (χ4n) is 1.17. The van der Waals surface area contributed by atoms with Crippen LogP contribution in [0.1, 0.15) is 9.67 Å². The minimum atomic E-state index is -4.37. The number of aliphatic hydroxyl groups is 8. The Labute approximate surface area is 109 Å². The van der Waals surface area contributed by atoms with E-state index in [9.17, 15) is 25.2 Å². The van der Waals surface area contributed by atoms with Crippen LogP contribution in [0.15, 0.2) is 17.5 Å². The zero-order chi connectivity index (χ0) is 15.1. The van der Waals surface area contributed by atoms with E-state index in [2.05, 4.69) is 0 Å². The van der Waals surface area contributed by atoms with E-state index in [-0.39, 0.29) is 4.88 Å². The van der Waals surface area contributed by atoms with E-state index in [1.54, 1.807) is 0 Å². The molecule has 1 aromatic heterocycles. The van der Waals surface area contributed by atoms with Gasteiger partial charge in [0.2, 0.25) is 12.1 Å². The molecular weight excluding hydrogens is 284 g/mol. The van der Waals surface area contributed by atoms with E-state index in [1.165, 1.54) is 11.4 Å². The summed E-state index contributed by atoms with van der Waals surface area (Å²) in [7, 11) is 0. The molecule has 0 saturated carbocycles. The van der Waals surface area contributed by atoms with Gasteiger partial charge in [-0.3, -0.25) is 4.79 Å². The quantitative estimate of drug-likeness (QED) is 0.200. The molecule has 8 N–H and O–H groups in total. The zero-order valence-corrected chi connectivity index (χ0v) is 10.0. The van der Waals surface area contributed by atoms with Crippen LogP contribution in [0.5, 0.6) is 0 Å². The summed E-state index contributed by atoms with van der Waals surface area (Å²) in [6, 6.07) is 2.45. The third-order valence-corrected chi connectivity index (χ3v) is 3.29. The van der Waals surface area contributed by atoms with Crippen LogP contribution in [0.25, 0.3) is 0 Å². The van der Waals surface area contributed by atoms with Crippen LogP contribution in [0.3, 0.4) is 0 Å². The number of Topliss-reactive ketones (excluding diaryl/α,β-unsaturated/α-hetero) is 1. The van der Waals surface area contributed by atoms with Gasteiger partial charge in [-0.25, -0.2) is 0 Å². The molecule has 0 aromatic carbocycles. The number of hydrogen-bond donors (Lipinski definition) is 8. The normalized spacial score (nSPS) is 13.9. The van der Waals surface area contributed by atoms with Gasteiger partial charge >= 0.3 is 0 Å². The smallest absolute Gasteiger partial charge is 0.291 e. The molecule has 1 heterocycles. The SMILES string of the molecule is O=C(c1cccs1)C(O)(O)C(O)(O)C(O)(O)C(O)O.